The number of fused-ring (bicyclic) bond motifs is 2. The van der Waals surface area contributed by atoms with Crippen LogP contribution in [-0.2, 0) is 24.3 Å². The van der Waals surface area contributed by atoms with E-state index in [4.69, 9.17) is 4.74 Å². The summed E-state index contributed by atoms with van der Waals surface area (Å²) in [5.74, 6) is -1.36. The number of hydrogen-bond acceptors (Lipinski definition) is 5. The Kier molecular flexibility index (Phi) is 4.97. The van der Waals surface area contributed by atoms with Crippen LogP contribution in [0.25, 0.3) is 0 Å². The number of Topliss-reactive ketones (excluding diaryl/α,β-unsaturated/α-hetero) is 1. The number of ether oxygens (including phenoxy) is 1. The van der Waals surface area contributed by atoms with Crippen molar-refractivity contribution in [2.75, 3.05) is 19.7 Å². The summed E-state index contributed by atoms with van der Waals surface area (Å²) in [4.78, 5) is 24.7. The Bertz CT molecular complexity index is 753. The molecule has 2 fully saturated rings. The average molecular weight is 365 g/mol. The summed E-state index contributed by atoms with van der Waals surface area (Å²) in [6.45, 7) is 4.24. The lowest BCUT2D eigenvalue weighted by Gasteiger charge is -2.41. The van der Waals surface area contributed by atoms with Gasteiger partial charge in [0.1, 0.15) is 5.78 Å². The van der Waals surface area contributed by atoms with Crippen molar-refractivity contribution < 1.29 is 22.7 Å². The molecule has 2 bridgehead atoms. The number of esters is 1. The van der Waals surface area contributed by atoms with E-state index in [0.717, 1.165) is 5.56 Å². The van der Waals surface area contributed by atoms with Crippen molar-refractivity contribution in [3.63, 3.8) is 0 Å². The summed E-state index contributed by atoms with van der Waals surface area (Å²) < 4.78 is 32.2. The maximum atomic E-state index is 12.9. The third-order valence-electron chi connectivity index (χ3n) is 5.07. The number of piperidine rings is 1. The lowest BCUT2D eigenvalue weighted by Crippen LogP contribution is -2.53. The topological polar surface area (TPSA) is 80.8 Å². The Morgan fingerprint density at radius 2 is 1.72 bits per heavy atom. The van der Waals surface area contributed by atoms with E-state index >= 15 is 0 Å². The molecule has 7 heteroatoms. The highest BCUT2D eigenvalue weighted by molar-refractivity contribution is 7.89. The minimum Gasteiger partial charge on any atom is -0.466 e. The summed E-state index contributed by atoms with van der Waals surface area (Å²) in [6, 6.07) is 6.72. The summed E-state index contributed by atoms with van der Waals surface area (Å²) in [5.41, 5.74) is 0.988. The highest BCUT2D eigenvalue weighted by Gasteiger charge is 2.47. The third-order valence-corrected chi connectivity index (χ3v) is 6.92. The average Bonchev–Trinajstić information content (AvgIpc) is 2.55. The van der Waals surface area contributed by atoms with E-state index in [2.05, 4.69) is 0 Å². The van der Waals surface area contributed by atoms with E-state index in [1.165, 1.54) is 4.31 Å². The molecule has 3 rings (SSSR count). The van der Waals surface area contributed by atoms with Crippen molar-refractivity contribution in [2.45, 2.75) is 31.6 Å². The first kappa shape index (κ1) is 18.1. The molecule has 1 aliphatic heterocycles. The van der Waals surface area contributed by atoms with Crippen LogP contribution in [0.5, 0.6) is 0 Å². The Labute approximate surface area is 148 Å². The lowest BCUT2D eigenvalue weighted by molar-refractivity contribution is -0.153. The first-order valence-electron chi connectivity index (χ1n) is 8.60. The highest BCUT2D eigenvalue weighted by Crippen LogP contribution is 2.37. The van der Waals surface area contributed by atoms with Crippen molar-refractivity contribution in [2.24, 2.45) is 17.8 Å². The highest BCUT2D eigenvalue weighted by atomic mass is 32.2. The van der Waals surface area contributed by atoms with E-state index in [0.29, 0.717) is 19.4 Å². The molecule has 136 valence electrons. The van der Waals surface area contributed by atoms with Gasteiger partial charge in [-0.3, -0.25) is 9.59 Å². The van der Waals surface area contributed by atoms with Gasteiger partial charge in [0.2, 0.25) is 10.0 Å². The van der Waals surface area contributed by atoms with E-state index in [1.54, 1.807) is 31.2 Å². The number of sulfonamides is 1. The van der Waals surface area contributed by atoms with Crippen LogP contribution in [0.2, 0.25) is 0 Å². The zero-order valence-electron chi connectivity index (χ0n) is 14.5. The molecular formula is C18H23NO5S. The predicted octanol–water partition coefficient (Wildman–Crippen LogP) is 1.77. The molecule has 25 heavy (non-hydrogen) atoms. The summed E-state index contributed by atoms with van der Waals surface area (Å²) in [7, 11) is -3.63. The van der Waals surface area contributed by atoms with E-state index in [9.17, 15) is 18.0 Å². The zero-order chi connectivity index (χ0) is 18.2. The second kappa shape index (κ2) is 6.88. The first-order chi connectivity index (χ1) is 11.8. The van der Waals surface area contributed by atoms with Gasteiger partial charge < -0.3 is 4.74 Å². The standard InChI is InChI=1S/C18H23NO5S/c1-3-24-18(21)13-8-14-10-19(11-15(9-13)17(14)20)25(22,23)16-6-4-12(2)5-7-16/h4-7,13-15H,3,8-11H2,1-2H3/t14-,15-/m1/s1. The monoisotopic (exact) mass is 365 g/mol. The van der Waals surface area contributed by atoms with Crippen molar-refractivity contribution in [3.05, 3.63) is 29.8 Å². The van der Waals surface area contributed by atoms with Crippen LogP contribution in [0.4, 0.5) is 0 Å². The molecule has 0 radical (unpaired) electrons. The van der Waals surface area contributed by atoms with Gasteiger partial charge in [-0.25, -0.2) is 8.42 Å². The Morgan fingerprint density at radius 1 is 1.16 bits per heavy atom. The summed E-state index contributed by atoms with van der Waals surface area (Å²) in [6.07, 6.45) is 0.738. The van der Waals surface area contributed by atoms with Gasteiger partial charge in [0.15, 0.2) is 0 Å². The molecule has 2 aliphatic rings. The number of rotatable bonds is 4. The molecular weight excluding hydrogens is 342 g/mol. The van der Waals surface area contributed by atoms with E-state index < -0.39 is 21.9 Å². The van der Waals surface area contributed by atoms with Crippen LogP contribution < -0.4 is 0 Å². The van der Waals surface area contributed by atoms with Gasteiger partial charge in [0, 0.05) is 24.9 Å². The van der Waals surface area contributed by atoms with Gasteiger partial charge in [0.05, 0.1) is 17.4 Å². The molecule has 1 heterocycles. The SMILES string of the molecule is CCOC(=O)C1C[C@@H]2CN(S(=O)(=O)c3ccc(C)cc3)C[C@@H](C1)C2=O. The largest absolute Gasteiger partial charge is 0.466 e. The fourth-order valence-corrected chi connectivity index (χ4v) is 5.28. The molecule has 0 N–H and O–H groups in total. The van der Waals surface area contributed by atoms with Gasteiger partial charge in [-0.2, -0.15) is 4.31 Å². The number of benzene rings is 1. The minimum absolute atomic E-state index is 0.0795. The number of nitrogens with zero attached hydrogens (tertiary/aromatic N) is 1. The van der Waals surface area contributed by atoms with Crippen molar-refractivity contribution in [1.82, 2.24) is 4.31 Å². The predicted molar refractivity (Wildman–Crippen MR) is 91.3 cm³/mol. The van der Waals surface area contributed by atoms with Gasteiger partial charge >= 0.3 is 5.97 Å². The van der Waals surface area contributed by atoms with Crippen LogP contribution in [-0.4, -0.2) is 44.2 Å². The van der Waals surface area contributed by atoms with Crippen LogP contribution >= 0.6 is 0 Å². The van der Waals surface area contributed by atoms with Crippen molar-refractivity contribution in [3.8, 4) is 0 Å². The van der Waals surface area contributed by atoms with Crippen LogP contribution in [0.15, 0.2) is 29.2 Å². The molecule has 1 aliphatic carbocycles. The number of aryl methyl sites for hydroxylation is 1. The smallest absolute Gasteiger partial charge is 0.308 e. The molecule has 0 spiro atoms. The number of carbonyl (C=O) groups is 2. The van der Waals surface area contributed by atoms with Crippen LogP contribution in [0.3, 0.4) is 0 Å². The molecule has 1 saturated carbocycles. The second-order valence-electron chi connectivity index (χ2n) is 6.85. The van der Waals surface area contributed by atoms with Crippen LogP contribution in [0.1, 0.15) is 25.3 Å². The maximum absolute atomic E-state index is 12.9. The Balaban J connectivity index is 1.79. The maximum Gasteiger partial charge on any atom is 0.308 e. The molecule has 0 unspecified atom stereocenters. The van der Waals surface area contributed by atoms with Gasteiger partial charge in [-0.05, 0) is 38.8 Å². The fourth-order valence-electron chi connectivity index (χ4n) is 3.75. The van der Waals surface area contributed by atoms with Gasteiger partial charge in [-0.15, -0.1) is 0 Å². The third kappa shape index (κ3) is 3.48. The molecule has 6 nitrogen and oxygen atoms in total. The Hall–Kier alpha value is -1.73. The molecule has 1 aromatic rings. The molecule has 0 aromatic heterocycles. The summed E-state index contributed by atoms with van der Waals surface area (Å²) >= 11 is 0. The Morgan fingerprint density at radius 3 is 2.24 bits per heavy atom. The quantitative estimate of drug-likeness (QED) is 0.760. The molecule has 0 amide bonds. The van der Waals surface area contributed by atoms with Crippen molar-refractivity contribution in [1.29, 1.82) is 0 Å². The van der Waals surface area contributed by atoms with Crippen molar-refractivity contribution >= 4 is 21.8 Å². The lowest BCUT2D eigenvalue weighted by atomic mass is 9.72. The zero-order valence-corrected chi connectivity index (χ0v) is 15.3. The molecule has 1 saturated heterocycles. The molecule has 2 atom stereocenters. The number of hydrogen-bond donors (Lipinski definition) is 0. The van der Waals surface area contributed by atoms with Crippen LogP contribution in [0, 0.1) is 24.7 Å². The second-order valence-corrected chi connectivity index (χ2v) is 8.79. The van der Waals surface area contributed by atoms with Gasteiger partial charge in [0.25, 0.3) is 0 Å². The van der Waals surface area contributed by atoms with Gasteiger partial charge in [-0.1, -0.05) is 17.7 Å². The fraction of sp³-hybridized carbons (Fsp3) is 0.556. The van der Waals surface area contributed by atoms with E-state index in [1.807, 2.05) is 6.92 Å². The summed E-state index contributed by atoms with van der Waals surface area (Å²) in [5, 5.41) is 0. The normalized spacial score (nSPS) is 27.1. The first-order valence-corrected chi connectivity index (χ1v) is 10.0. The van der Waals surface area contributed by atoms with E-state index in [-0.39, 0.29) is 35.7 Å². The number of ketones is 1. The molecule has 1 aromatic carbocycles. The minimum atomic E-state index is -3.63. The number of carbonyl (C=O) groups excluding carboxylic acids is 2.